The van der Waals surface area contributed by atoms with Crippen LogP contribution in [0.3, 0.4) is 0 Å². The predicted octanol–water partition coefficient (Wildman–Crippen LogP) is 2.73. The summed E-state index contributed by atoms with van der Waals surface area (Å²) in [7, 11) is 0. The van der Waals surface area contributed by atoms with Crippen LogP contribution in [0.15, 0.2) is 24.3 Å². The second kappa shape index (κ2) is 4.56. The number of fused-ring (bicyclic) bond motifs is 1. The van der Waals surface area contributed by atoms with Crippen LogP contribution in [0.1, 0.15) is 43.1 Å². The number of esters is 1. The van der Waals surface area contributed by atoms with Gasteiger partial charge in [0.1, 0.15) is 6.61 Å². The van der Waals surface area contributed by atoms with Crippen molar-refractivity contribution in [3.63, 3.8) is 0 Å². The topological polar surface area (TPSA) is 43.4 Å². The van der Waals surface area contributed by atoms with E-state index < -0.39 is 0 Å². The van der Waals surface area contributed by atoms with Crippen molar-refractivity contribution in [2.24, 2.45) is 5.92 Å². The van der Waals surface area contributed by atoms with Gasteiger partial charge in [0.05, 0.1) is 0 Å². The van der Waals surface area contributed by atoms with E-state index in [4.69, 9.17) is 4.74 Å². The number of hydrogen-bond donors (Lipinski definition) is 0. The molecule has 0 saturated heterocycles. The van der Waals surface area contributed by atoms with Crippen LogP contribution in [0.2, 0.25) is 0 Å². The summed E-state index contributed by atoms with van der Waals surface area (Å²) in [5.41, 5.74) is 1.50. The van der Waals surface area contributed by atoms with Crippen LogP contribution in [0.4, 0.5) is 0 Å². The van der Waals surface area contributed by atoms with Crippen molar-refractivity contribution in [2.75, 3.05) is 6.61 Å². The number of ketones is 1. The summed E-state index contributed by atoms with van der Waals surface area (Å²) in [5.74, 6) is -0.121. The number of carbonyl (C=O) groups is 2. The van der Waals surface area contributed by atoms with E-state index in [1.54, 1.807) is 0 Å². The van der Waals surface area contributed by atoms with Crippen LogP contribution >= 0.6 is 0 Å². The quantitative estimate of drug-likeness (QED) is 0.753. The largest absolute Gasteiger partial charge is 0.465 e. The van der Waals surface area contributed by atoms with Gasteiger partial charge >= 0.3 is 5.97 Å². The average Bonchev–Trinajstić information content (AvgIpc) is 2.34. The first-order valence-corrected chi connectivity index (χ1v) is 6.21. The molecule has 0 fully saturated rings. The van der Waals surface area contributed by atoms with Crippen molar-refractivity contribution in [2.45, 2.75) is 32.6 Å². The van der Waals surface area contributed by atoms with Gasteiger partial charge in [-0.05, 0) is 12.0 Å². The first-order valence-electron chi connectivity index (χ1n) is 6.21. The fraction of sp³-hybridized carbons (Fsp3) is 0.467. The second-order valence-corrected chi connectivity index (χ2v) is 5.36. The van der Waals surface area contributed by atoms with Gasteiger partial charge in [-0.1, -0.05) is 38.1 Å². The molecular weight excluding hydrogens is 228 g/mol. The lowest BCUT2D eigenvalue weighted by Crippen LogP contribution is -2.39. The minimum atomic E-state index is -0.279. The Bertz CT molecular complexity index is 492. The van der Waals surface area contributed by atoms with Crippen LogP contribution in [-0.4, -0.2) is 18.4 Å². The highest BCUT2D eigenvalue weighted by molar-refractivity contribution is 6.00. The standard InChI is InChI=1S/C15H18O3/c1-10-8-15(3,9-18-11(2)16)13-7-5-4-6-12(13)14(10)17/h4-7,10H,8-9H2,1-3H3. The van der Waals surface area contributed by atoms with Crippen molar-refractivity contribution in [1.82, 2.24) is 0 Å². The molecule has 0 aromatic heterocycles. The fourth-order valence-electron chi connectivity index (χ4n) is 2.77. The van der Waals surface area contributed by atoms with E-state index in [1.165, 1.54) is 6.92 Å². The van der Waals surface area contributed by atoms with Gasteiger partial charge in [-0.15, -0.1) is 0 Å². The Morgan fingerprint density at radius 2 is 2.11 bits per heavy atom. The summed E-state index contributed by atoms with van der Waals surface area (Å²) < 4.78 is 5.17. The van der Waals surface area contributed by atoms with Crippen molar-refractivity contribution >= 4 is 11.8 Å². The maximum absolute atomic E-state index is 12.1. The monoisotopic (exact) mass is 246 g/mol. The summed E-state index contributed by atoms with van der Waals surface area (Å²) >= 11 is 0. The number of carbonyl (C=O) groups excluding carboxylic acids is 2. The summed E-state index contributed by atoms with van der Waals surface area (Å²) in [6.07, 6.45) is 0.718. The SMILES string of the molecule is CC(=O)OCC1(C)CC(C)C(=O)c2ccccc21. The first-order chi connectivity index (χ1) is 8.44. The number of rotatable bonds is 2. The zero-order valence-electron chi connectivity index (χ0n) is 11.0. The molecule has 1 aromatic rings. The van der Waals surface area contributed by atoms with Gasteiger partial charge < -0.3 is 4.74 Å². The van der Waals surface area contributed by atoms with Crippen LogP contribution in [0.25, 0.3) is 0 Å². The van der Waals surface area contributed by atoms with Crippen molar-refractivity contribution < 1.29 is 14.3 Å². The molecule has 0 saturated carbocycles. The Hall–Kier alpha value is -1.64. The molecule has 3 heteroatoms. The van der Waals surface area contributed by atoms with E-state index in [0.717, 1.165) is 17.5 Å². The lowest BCUT2D eigenvalue weighted by Gasteiger charge is -2.37. The number of Topliss-reactive ketones (excluding diaryl/α,β-unsaturated/α-hetero) is 1. The Morgan fingerprint density at radius 1 is 1.44 bits per heavy atom. The third kappa shape index (κ3) is 2.17. The molecule has 3 nitrogen and oxygen atoms in total. The summed E-state index contributed by atoms with van der Waals surface area (Å²) in [4.78, 5) is 23.1. The Morgan fingerprint density at radius 3 is 2.78 bits per heavy atom. The molecule has 0 aliphatic heterocycles. The molecule has 2 rings (SSSR count). The van der Waals surface area contributed by atoms with Crippen molar-refractivity contribution in [3.8, 4) is 0 Å². The minimum Gasteiger partial charge on any atom is -0.465 e. The molecule has 0 spiro atoms. The zero-order valence-corrected chi connectivity index (χ0v) is 11.0. The van der Waals surface area contributed by atoms with Gasteiger partial charge in [-0.25, -0.2) is 0 Å². The van der Waals surface area contributed by atoms with E-state index in [1.807, 2.05) is 31.2 Å². The smallest absolute Gasteiger partial charge is 0.302 e. The molecule has 1 aliphatic carbocycles. The molecule has 0 bridgehead atoms. The second-order valence-electron chi connectivity index (χ2n) is 5.36. The number of hydrogen-bond acceptors (Lipinski definition) is 3. The van der Waals surface area contributed by atoms with Gasteiger partial charge in [-0.2, -0.15) is 0 Å². The molecule has 1 aliphatic rings. The molecule has 0 amide bonds. The van der Waals surface area contributed by atoms with Crippen molar-refractivity contribution in [3.05, 3.63) is 35.4 Å². The molecule has 1 aromatic carbocycles. The zero-order chi connectivity index (χ0) is 13.3. The molecule has 0 N–H and O–H groups in total. The van der Waals surface area contributed by atoms with Gasteiger partial charge in [-0.3, -0.25) is 9.59 Å². The molecule has 18 heavy (non-hydrogen) atoms. The Balaban J connectivity index is 2.40. The first kappa shape index (κ1) is 12.8. The fourth-order valence-corrected chi connectivity index (χ4v) is 2.77. The highest BCUT2D eigenvalue weighted by Crippen LogP contribution is 2.39. The molecule has 0 heterocycles. The lowest BCUT2D eigenvalue weighted by atomic mass is 9.67. The van der Waals surface area contributed by atoms with Crippen molar-refractivity contribution in [1.29, 1.82) is 0 Å². The summed E-state index contributed by atoms with van der Waals surface area (Å²) in [6, 6.07) is 7.62. The number of ether oxygens (including phenoxy) is 1. The van der Waals surface area contributed by atoms with Crippen LogP contribution in [-0.2, 0) is 14.9 Å². The van der Waals surface area contributed by atoms with E-state index in [0.29, 0.717) is 6.61 Å². The molecule has 0 radical (unpaired) electrons. The average molecular weight is 246 g/mol. The minimum absolute atomic E-state index is 0.0274. The van der Waals surface area contributed by atoms with Crippen LogP contribution in [0.5, 0.6) is 0 Å². The molecular formula is C15H18O3. The number of benzene rings is 1. The predicted molar refractivity (Wildman–Crippen MR) is 68.5 cm³/mol. The molecule has 96 valence electrons. The van der Waals surface area contributed by atoms with E-state index in [-0.39, 0.29) is 23.1 Å². The van der Waals surface area contributed by atoms with E-state index in [9.17, 15) is 9.59 Å². The Kier molecular flexibility index (Phi) is 3.24. The molecule has 2 atom stereocenters. The van der Waals surface area contributed by atoms with Gasteiger partial charge in [0.2, 0.25) is 0 Å². The summed E-state index contributed by atoms with van der Waals surface area (Å²) in [5, 5.41) is 0. The van der Waals surface area contributed by atoms with Gasteiger partial charge in [0.25, 0.3) is 0 Å². The van der Waals surface area contributed by atoms with Gasteiger partial charge in [0, 0.05) is 23.8 Å². The normalized spacial score (nSPS) is 26.6. The highest BCUT2D eigenvalue weighted by atomic mass is 16.5. The summed E-state index contributed by atoms with van der Waals surface area (Å²) in [6.45, 7) is 5.73. The van der Waals surface area contributed by atoms with E-state index in [2.05, 4.69) is 6.92 Å². The Labute approximate surface area is 107 Å². The van der Waals surface area contributed by atoms with Gasteiger partial charge in [0.15, 0.2) is 5.78 Å². The third-order valence-electron chi connectivity index (χ3n) is 3.64. The maximum atomic E-state index is 12.1. The van der Waals surface area contributed by atoms with Crippen LogP contribution < -0.4 is 0 Å². The molecule has 2 unspecified atom stereocenters. The third-order valence-corrected chi connectivity index (χ3v) is 3.64. The lowest BCUT2D eigenvalue weighted by molar-refractivity contribution is -0.143. The highest BCUT2D eigenvalue weighted by Gasteiger charge is 2.39. The van der Waals surface area contributed by atoms with Crippen LogP contribution in [0, 0.1) is 5.92 Å². The van der Waals surface area contributed by atoms with E-state index >= 15 is 0 Å². The maximum Gasteiger partial charge on any atom is 0.302 e.